The SMILES string of the molecule is CN[C@@H]1CC[C@H](C(=O)OC)C[C@@H]1C. The highest BCUT2D eigenvalue weighted by molar-refractivity contribution is 5.72. The normalized spacial score (nSPS) is 34.2. The van der Waals surface area contributed by atoms with Crippen molar-refractivity contribution in [1.29, 1.82) is 0 Å². The fraction of sp³-hybridized carbons (Fsp3) is 0.900. The number of hydrogen-bond acceptors (Lipinski definition) is 3. The van der Waals surface area contributed by atoms with E-state index in [0.29, 0.717) is 12.0 Å². The van der Waals surface area contributed by atoms with Crippen molar-refractivity contribution < 1.29 is 9.53 Å². The van der Waals surface area contributed by atoms with Crippen molar-refractivity contribution in [1.82, 2.24) is 5.32 Å². The zero-order chi connectivity index (χ0) is 9.84. The summed E-state index contributed by atoms with van der Waals surface area (Å²) in [7, 11) is 3.46. The van der Waals surface area contributed by atoms with Crippen LogP contribution in [0.4, 0.5) is 0 Å². The lowest BCUT2D eigenvalue weighted by Gasteiger charge is -2.32. The summed E-state index contributed by atoms with van der Waals surface area (Å²) in [6.45, 7) is 2.19. The molecule has 0 aliphatic heterocycles. The summed E-state index contributed by atoms with van der Waals surface area (Å²) < 4.78 is 4.75. The molecule has 13 heavy (non-hydrogen) atoms. The number of methoxy groups -OCH3 is 1. The minimum atomic E-state index is -0.0404. The zero-order valence-electron chi connectivity index (χ0n) is 8.67. The van der Waals surface area contributed by atoms with Crippen molar-refractivity contribution in [3.05, 3.63) is 0 Å². The lowest BCUT2D eigenvalue weighted by Crippen LogP contribution is -2.39. The maximum atomic E-state index is 11.3. The molecule has 1 rings (SSSR count). The number of carbonyl (C=O) groups is 1. The van der Waals surface area contributed by atoms with Crippen molar-refractivity contribution in [3.8, 4) is 0 Å². The van der Waals surface area contributed by atoms with Gasteiger partial charge in [0.05, 0.1) is 13.0 Å². The van der Waals surface area contributed by atoms with Gasteiger partial charge in [0.1, 0.15) is 0 Å². The molecule has 0 saturated heterocycles. The van der Waals surface area contributed by atoms with Crippen LogP contribution in [0.1, 0.15) is 26.2 Å². The van der Waals surface area contributed by atoms with Gasteiger partial charge < -0.3 is 10.1 Å². The number of carbonyl (C=O) groups excluding carboxylic acids is 1. The molecule has 0 heterocycles. The molecule has 1 aliphatic carbocycles. The third-order valence-electron chi connectivity index (χ3n) is 3.07. The molecule has 3 atom stereocenters. The molecular formula is C10H19NO2. The molecular weight excluding hydrogens is 166 g/mol. The summed E-state index contributed by atoms with van der Waals surface area (Å²) in [5, 5.41) is 3.28. The second-order valence-electron chi connectivity index (χ2n) is 3.91. The first-order chi connectivity index (χ1) is 6.19. The van der Waals surface area contributed by atoms with Crippen molar-refractivity contribution in [2.24, 2.45) is 11.8 Å². The summed E-state index contributed by atoms with van der Waals surface area (Å²) in [5.74, 6) is 0.661. The van der Waals surface area contributed by atoms with Crippen LogP contribution < -0.4 is 5.32 Å². The Kier molecular flexibility index (Phi) is 3.72. The van der Waals surface area contributed by atoms with Crippen LogP contribution in [0.15, 0.2) is 0 Å². The lowest BCUT2D eigenvalue weighted by molar-refractivity contribution is -0.147. The Morgan fingerprint density at radius 3 is 2.62 bits per heavy atom. The van der Waals surface area contributed by atoms with Gasteiger partial charge in [0, 0.05) is 6.04 Å². The number of hydrogen-bond donors (Lipinski definition) is 1. The Morgan fingerprint density at radius 2 is 2.15 bits per heavy atom. The molecule has 3 heteroatoms. The third kappa shape index (κ3) is 2.44. The van der Waals surface area contributed by atoms with Crippen molar-refractivity contribution >= 4 is 5.97 Å². The highest BCUT2D eigenvalue weighted by Gasteiger charge is 2.30. The van der Waals surface area contributed by atoms with Crippen LogP contribution >= 0.6 is 0 Å². The van der Waals surface area contributed by atoms with Crippen molar-refractivity contribution in [2.45, 2.75) is 32.2 Å². The molecule has 1 N–H and O–H groups in total. The van der Waals surface area contributed by atoms with Crippen LogP contribution in [0.3, 0.4) is 0 Å². The maximum Gasteiger partial charge on any atom is 0.308 e. The zero-order valence-corrected chi connectivity index (χ0v) is 8.67. The van der Waals surface area contributed by atoms with Gasteiger partial charge in [-0.05, 0) is 32.2 Å². The Labute approximate surface area is 79.8 Å². The third-order valence-corrected chi connectivity index (χ3v) is 3.07. The first-order valence-corrected chi connectivity index (χ1v) is 4.94. The first kappa shape index (κ1) is 10.5. The fourth-order valence-corrected chi connectivity index (χ4v) is 2.21. The largest absolute Gasteiger partial charge is 0.469 e. The molecule has 0 radical (unpaired) electrons. The first-order valence-electron chi connectivity index (χ1n) is 4.94. The van der Waals surface area contributed by atoms with Gasteiger partial charge in [-0.2, -0.15) is 0 Å². The van der Waals surface area contributed by atoms with Gasteiger partial charge in [0.25, 0.3) is 0 Å². The Hall–Kier alpha value is -0.570. The van der Waals surface area contributed by atoms with Gasteiger partial charge in [0.2, 0.25) is 0 Å². The molecule has 0 spiro atoms. The predicted molar refractivity (Wildman–Crippen MR) is 51.4 cm³/mol. The van der Waals surface area contributed by atoms with E-state index >= 15 is 0 Å². The molecule has 0 aromatic carbocycles. The van der Waals surface area contributed by atoms with E-state index in [1.807, 2.05) is 7.05 Å². The Balaban J connectivity index is 2.45. The number of esters is 1. The van der Waals surface area contributed by atoms with Gasteiger partial charge in [-0.15, -0.1) is 0 Å². The standard InChI is InChI=1S/C10H19NO2/c1-7-6-8(10(12)13-3)4-5-9(7)11-2/h7-9,11H,4-6H2,1-3H3/t7-,8-,9+/m0/s1. The van der Waals surface area contributed by atoms with E-state index in [0.717, 1.165) is 19.3 Å². The molecule has 0 bridgehead atoms. The number of ether oxygens (including phenoxy) is 1. The lowest BCUT2D eigenvalue weighted by atomic mass is 9.79. The van der Waals surface area contributed by atoms with Gasteiger partial charge in [-0.3, -0.25) is 4.79 Å². The van der Waals surface area contributed by atoms with Crippen molar-refractivity contribution in [3.63, 3.8) is 0 Å². The van der Waals surface area contributed by atoms with E-state index in [2.05, 4.69) is 12.2 Å². The minimum absolute atomic E-state index is 0.0404. The van der Waals surface area contributed by atoms with E-state index < -0.39 is 0 Å². The Bertz CT molecular complexity index is 182. The molecule has 0 amide bonds. The molecule has 0 aromatic rings. The summed E-state index contributed by atoms with van der Waals surface area (Å²) in [6.07, 6.45) is 3.00. The quantitative estimate of drug-likeness (QED) is 0.657. The van der Waals surface area contributed by atoms with Crippen LogP contribution in [0, 0.1) is 11.8 Å². The van der Waals surface area contributed by atoms with Gasteiger partial charge in [-0.1, -0.05) is 6.92 Å². The summed E-state index contributed by atoms with van der Waals surface area (Å²) >= 11 is 0. The molecule has 0 unspecified atom stereocenters. The average Bonchev–Trinajstić information content (AvgIpc) is 2.16. The van der Waals surface area contributed by atoms with Crippen LogP contribution in [-0.4, -0.2) is 26.2 Å². The molecule has 0 aromatic heterocycles. The van der Waals surface area contributed by atoms with Crippen molar-refractivity contribution in [2.75, 3.05) is 14.2 Å². The summed E-state index contributed by atoms with van der Waals surface area (Å²) in [6, 6.07) is 0.570. The van der Waals surface area contributed by atoms with E-state index in [9.17, 15) is 4.79 Å². The van der Waals surface area contributed by atoms with Gasteiger partial charge in [0.15, 0.2) is 0 Å². The Morgan fingerprint density at radius 1 is 1.46 bits per heavy atom. The monoisotopic (exact) mass is 185 g/mol. The van der Waals surface area contributed by atoms with E-state index in [-0.39, 0.29) is 11.9 Å². The van der Waals surface area contributed by atoms with E-state index in [1.54, 1.807) is 0 Å². The van der Waals surface area contributed by atoms with E-state index in [4.69, 9.17) is 4.74 Å². The molecule has 1 fully saturated rings. The second kappa shape index (κ2) is 4.61. The van der Waals surface area contributed by atoms with Crippen LogP contribution in [0.2, 0.25) is 0 Å². The number of rotatable bonds is 2. The fourth-order valence-electron chi connectivity index (χ4n) is 2.21. The van der Waals surface area contributed by atoms with E-state index in [1.165, 1.54) is 7.11 Å². The van der Waals surface area contributed by atoms with Crippen LogP contribution in [-0.2, 0) is 9.53 Å². The van der Waals surface area contributed by atoms with Gasteiger partial charge >= 0.3 is 5.97 Å². The summed E-state index contributed by atoms with van der Waals surface area (Å²) in [5.41, 5.74) is 0. The molecule has 76 valence electrons. The maximum absolute atomic E-state index is 11.3. The highest BCUT2D eigenvalue weighted by atomic mass is 16.5. The smallest absolute Gasteiger partial charge is 0.308 e. The minimum Gasteiger partial charge on any atom is -0.469 e. The second-order valence-corrected chi connectivity index (χ2v) is 3.91. The topological polar surface area (TPSA) is 38.3 Å². The molecule has 3 nitrogen and oxygen atoms in total. The van der Waals surface area contributed by atoms with Crippen LogP contribution in [0.5, 0.6) is 0 Å². The van der Waals surface area contributed by atoms with Gasteiger partial charge in [-0.25, -0.2) is 0 Å². The van der Waals surface area contributed by atoms with Crippen LogP contribution in [0.25, 0.3) is 0 Å². The summed E-state index contributed by atoms with van der Waals surface area (Å²) in [4.78, 5) is 11.3. The predicted octanol–water partition coefficient (Wildman–Crippen LogP) is 1.18. The molecule has 1 saturated carbocycles. The average molecular weight is 185 g/mol. The number of nitrogens with one attached hydrogen (secondary N) is 1. The highest BCUT2D eigenvalue weighted by Crippen LogP contribution is 2.29. The molecule has 1 aliphatic rings.